The summed E-state index contributed by atoms with van der Waals surface area (Å²) in [5.41, 5.74) is 1.87. The lowest BCUT2D eigenvalue weighted by atomic mass is 10.0. The van der Waals surface area contributed by atoms with Gasteiger partial charge >= 0.3 is 11.9 Å². The van der Waals surface area contributed by atoms with E-state index in [-0.39, 0.29) is 116 Å². The van der Waals surface area contributed by atoms with Crippen LogP contribution >= 0.6 is 23.2 Å². The van der Waals surface area contributed by atoms with E-state index in [1.807, 2.05) is 23.0 Å². The van der Waals surface area contributed by atoms with E-state index in [2.05, 4.69) is 19.9 Å². The molecule has 2 fully saturated rings. The molecule has 0 spiro atoms. The monoisotopic (exact) mass is 1250 g/mol. The summed E-state index contributed by atoms with van der Waals surface area (Å²) in [4.78, 5) is 40.6. The molecule has 12 rings (SSSR count). The van der Waals surface area contributed by atoms with Gasteiger partial charge < -0.3 is 38.3 Å². The number of aromatic carboxylic acids is 2. The number of rotatable bonds is 16. The molecule has 88 heavy (non-hydrogen) atoms. The van der Waals surface area contributed by atoms with Crippen LogP contribution in [-0.4, -0.2) is 77.6 Å². The molecule has 0 unspecified atom stereocenters. The van der Waals surface area contributed by atoms with Crippen molar-refractivity contribution in [1.82, 2.24) is 29.1 Å². The molecule has 0 bridgehead atoms. The maximum absolute atomic E-state index is 15.5. The second-order valence-corrected chi connectivity index (χ2v) is 22.1. The average Bonchev–Trinajstić information content (AvgIpc) is 1.68. The molecule has 4 aromatic heterocycles. The number of aromatic nitrogens is 6. The van der Waals surface area contributed by atoms with Gasteiger partial charge in [-0.15, -0.1) is 0 Å². The third-order valence-electron chi connectivity index (χ3n) is 15.2. The summed E-state index contributed by atoms with van der Waals surface area (Å²) in [5, 5.41) is 19.4. The van der Waals surface area contributed by atoms with E-state index >= 15 is 17.6 Å². The van der Waals surface area contributed by atoms with E-state index in [0.29, 0.717) is 60.1 Å². The lowest BCUT2D eigenvalue weighted by molar-refractivity contribution is 0.0686. The van der Waals surface area contributed by atoms with Gasteiger partial charge in [-0.2, -0.15) is 0 Å². The minimum atomic E-state index is -1.10. The molecule has 2 aliphatic rings. The number of fused-ring (bicyclic) bond motifs is 2. The van der Waals surface area contributed by atoms with Gasteiger partial charge in [0.05, 0.1) is 83.1 Å². The Morgan fingerprint density at radius 1 is 0.477 bits per heavy atom. The maximum Gasteiger partial charge on any atom is 0.335 e. The number of imidazole rings is 2. The quantitative estimate of drug-likeness (QED) is 0.0878. The first-order chi connectivity index (χ1) is 42.2. The van der Waals surface area contributed by atoms with E-state index < -0.39 is 70.2 Å². The number of halogens is 10. The van der Waals surface area contributed by atoms with E-state index in [4.69, 9.17) is 42.1 Å². The van der Waals surface area contributed by atoms with Crippen molar-refractivity contribution in [2.24, 2.45) is 11.8 Å². The van der Waals surface area contributed by atoms with Crippen LogP contribution < -0.4 is 9.47 Å². The first kappa shape index (κ1) is 60.7. The van der Waals surface area contributed by atoms with Crippen molar-refractivity contribution in [3.05, 3.63) is 223 Å². The molecule has 0 radical (unpaired) electrons. The summed E-state index contributed by atoms with van der Waals surface area (Å²) in [6.45, 7) is 4.94. The van der Waals surface area contributed by atoms with Crippen LogP contribution in [0, 0.1) is 58.4 Å². The lowest BCUT2D eigenvalue weighted by Crippen LogP contribution is -2.18. The maximum atomic E-state index is 15.5. The van der Waals surface area contributed by atoms with Crippen LogP contribution in [0.4, 0.5) is 35.1 Å². The van der Waals surface area contributed by atoms with Crippen LogP contribution in [0.1, 0.15) is 80.5 Å². The molecule has 14 nitrogen and oxygen atoms in total. The fraction of sp³-hybridized carbons (Fsp3) is 0.219. The SMILES string of the molecule is C[C@H]1COC[C@H]1n1c(Cc2cc(F)c(-c3ccc(F)c(OCc4ccc(Cl)cc4F)n3)cc2F)nc2ccc(C(=O)O)cc21.C[C@H]1COC[C@H]1n1c(Cc2cc(F)c(-c3ccc(F)c(OCc4ccc(Cl)cc4F)n3)cc2F)nc2ccc(C(=O)O)cc21. The van der Waals surface area contributed by atoms with Crippen molar-refractivity contribution in [3.63, 3.8) is 0 Å². The van der Waals surface area contributed by atoms with Crippen molar-refractivity contribution in [3.8, 4) is 34.3 Å². The van der Waals surface area contributed by atoms with Crippen LogP contribution in [-0.2, 0) is 35.5 Å². The standard InChI is InChI=1S/2C32H24ClF4N3O4/c2*1-16-13-43-15-29(16)40-28-9-17(32(41)42)3-6-27(28)38-30(40)10-19-8-25(37)21(12-24(19)36)26-7-5-22(34)31(39-26)44-14-18-2-4-20(33)11-23(18)35/h2*2-9,11-12,16,29H,10,13-15H2,1H3,(H,41,42)/t2*16-,29+/m00/s1. The molecule has 2 aliphatic heterocycles. The number of hydrogen-bond donors (Lipinski definition) is 2. The minimum absolute atomic E-state index is 0.00429. The van der Waals surface area contributed by atoms with Crippen molar-refractivity contribution < 1.29 is 73.9 Å². The number of pyridine rings is 2. The molecule has 2 saturated heterocycles. The number of carboxylic acids is 2. The van der Waals surface area contributed by atoms with Gasteiger partial charge in [0.1, 0.15) is 59.8 Å². The molecular formula is C64H48Cl2F8N6O8. The van der Waals surface area contributed by atoms with Gasteiger partial charge in [0.25, 0.3) is 11.8 Å². The molecule has 0 aliphatic carbocycles. The second-order valence-electron chi connectivity index (χ2n) is 21.2. The molecule has 4 atom stereocenters. The summed E-state index contributed by atoms with van der Waals surface area (Å²) in [6, 6.07) is 24.9. The highest BCUT2D eigenvalue weighted by atomic mass is 35.5. The van der Waals surface area contributed by atoms with Gasteiger partial charge in [-0.1, -0.05) is 49.2 Å². The second kappa shape index (κ2) is 25.4. The predicted molar refractivity (Wildman–Crippen MR) is 308 cm³/mol. The number of benzene rings is 6. The highest BCUT2D eigenvalue weighted by Crippen LogP contribution is 2.37. The predicted octanol–water partition coefficient (Wildman–Crippen LogP) is 14.8. The van der Waals surface area contributed by atoms with E-state index in [9.17, 15) is 37.4 Å². The van der Waals surface area contributed by atoms with Gasteiger partial charge in [-0.25, -0.2) is 64.6 Å². The molecule has 6 heterocycles. The first-order valence-corrected chi connectivity index (χ1v) is 28.0. The average molecular weight is 1250 g/mol. The summed E-state index contributed by atoms with van der Waals surface area (Å²) >= 11 is 11.5. The topological polar surface area (TPSA) is 173 Å². The fourth-order valence-electron chi connectivity index (χ4n) is 10.6. The zero-order valence-electron chi connectivity index (χ0n) is 46.3. The van der Waals surface area contributed by atoms with Crippen molar-refractivity contribution in [2.45, 2.75) is 52.0 Å². The summed E-state index contributed by atoms with van der Waals surface area (Å²) in [7, 11) is 0. The van der Waals surface area contributed by atoms with Gasteiger partial charge in [0, 0.05) is 57.0 Å². The molecule has 0 saturated carbocycles. The largest absolute Gasteiger partial charge is 0.478 e. The van der Waals surface area contributed by atoms with E-state index in [1.54, 1.807) is 12.1 Å². The van der Waals surface area contributed by atoms with Crippen molar-refractivity contribution in [1.29, 1.82) is 0 Å². The molecule has 6 aromatic carbocycles. The van der Waals surface area contributed by atoms with Gasteiger partial charge in [-0.3, -0.25) is 0 Å². The van der Waals surface area contributed by atoms with Crippen LogP contribution in [0.15, 0.2) is 121 Å². The van der Waals surface area contributed by atoms with Crippen LogP contribution in [0.3, 0.4) is 0 Å². The van der Waals surface area contributed by atoms with E-state index in [0.717, 1.165) is 48.5 Å². The third kappa shape index (κ3) is 12.7. The van der Waals surface area contributed by atoms with Crippen LogP contribution in [0.25, 0.3) is 44.6 Å². The summed E-state index contributed by atoms with van der Waals surface area (Å²) in [6.07, 6.45) is -0.192. The molecule has 452 valence electrons. The highest BCUT2D eigenvalue weighted by molar-refractivity contribution is 6.30. The Balaban J connectivity index is 0.000000182. The summed E-state index contributed by atoms with van der Waals surface area (Å²) in [5.74, 6) is -8.40. The van der Waals surface area contributed by atoms with Gasteiger partial charge in [-0.05, 0) is 120 Å². The smallest absolute Gasteiger partial charge is 0.335 e. The molecule has 10 aromatic rings. The van der Waals surface area contributed by atoms with E-state index in [1.165, 1.54) is 60.7 Å². The zero-order chi connectivity index (χ0) is 62.2. The Morgan fingerprint density at radius 2 is 0.875 bits per heavy atom. The Labute approximate surface area is 505 Å². The Kier molecular flexibility index (Phi) is 17.5. The lowest BCUT2D eigenvalue weighted by Gasteiger charge is -2.20. The number of carboxylic acid groups (broad SMARTS) is 2. The van der Waals surface area contributed by atoms with Crippen molar-refractivity contribution >= 4 is 57.2 Å². The number of hydrogen-bond acceptors (Lipinski definition) is 10. The molecule has 0 amide bonds. The molecular weight excluding hydrogens is 1200 g/mol. The van der Waals surface area contributed by atoms with Crippen molar-refractivity contribution in [2.75, 3.05) is 26.4 Å². The zero-order valence-corrected chi connectivity index (χ0v) is 47.8. The van der Waals surface area contributed by atoms with Gasteiger partial charge in [0.15, 0.2) is 11.6 Å². The Hall–Kier alpha value is -8.96. The number of ether oxygens (including phenoxy) is 4. The highest BCUT2D eigenvalue weighted by Gasteiger charge is 2.33. The van der Waals surface area contributed by atoms with Crippen LogP contribution in [0.2, 0.25) is 10.0 Å². The molecule has 2 N–H and O–H groups in total. The Bertz CT molecular complexity index is 4100. The first-order valence-electron chi connectivity index (χ1n) is 27.2. The number of carbonyl (C=O) groups is 2. The minimum Gasteiger partial charge on any atom is -0.478 e. The Morgan fingerprint density at radius 3 is 1.24 bits per heavy atom. The van der Waals surface area contributed by atoms with Gasteiger partial charge in [0.2, 0.25) is 0 Å². The fourth-order valence-corrected chi connectivity index (χ4v) is 10.9. The number of nitrogens with zero attached hydrogens (tertiary/aromatic N) is 6. The third-order valence-corrected chi connectivity index (χ3v) is 15.7. The van der Waals surface area contributed by atoms with Crippen LogP contribution in [0.5, 0.6) is 11.8 Å². The summed E-state index contributed by atoms with van der Waals surface area (Å²) < 4.78 is 145. The molecule has 24 heteroatoms. The normalized spacial score (nSPS) is 16.5.